The standard InChI is InChI=1S/C19H19FN2/c20-16-8-9-21-19(12-16)15-10-17-6-7-18(11-15)22(17)13-14-4-2-1-3-5-14/h1-5,8-10,12,17-18H,6-7,11,13H2. The molecule has 1 saturated heterocycles. The van der Waals surface area contributed by atoms with Gasteiger partial charge in [-0.25, -0.2) is 4.39 Å². The third-order valence-corrected chi connectivity index (χ3v) is 4.80. The molecule has 1 aromatic heterocycles. The summed E-state index contributed by atoms with van der Waals surface area (Å²) in [6.07, 6.45) is 7.24. The van der Waals surface area contributed by atoms with Gasteiger partial charge in [0.1, 0.15) is 5.82 Å². The van der Waals surface area contributed by atoms with Crippen LogP contribution in [-0.2, 0) is 6.54 Å². The number of aromatic nitrogens is 1. The van der Waals surface area contributed by atoms with E-state index in [1.54, 1.807) is 12.3 Å². The van der Waals surface area contributed by atoms with Crippen LogP contribution in [-0.4, -0.2) is 22.0 Å². The van der Waals surface area contributed by atoms with Crippen LogP contribution in [0.5, 0.6) is 0 Å². The second-order valence-electron chi connectivity index (χ2n) is 6.21. The van der Waals surface area contributed by atoms with Crippen molar-refractivity contribution in [3.63, 3.8) is 0 Å². The third kappa shape index (κ3) is 2.57. The zero-order chi connectivity index (χ0) is 14.9. The first-order chi connectivity index (χ1) is 10.8. The maximum Gasteiger partial charge on any atom is 0.126 e. The Bertz CT molecular complexity index is 696. The van der Waals surface area contributed by atoms with Crippen molar-refractivity contribution in [3.05, 3.63) is 71.8 Å². The van der Waals surface area contributed by atoms with Gasteiger partial charge in [0.2, 0.25) is 0 Å². The van der Waals surface area contributed by atoms with Crippen LogP contribution >= 0.6 is 0 Å². The van der Waals surface area contributed by atoms with Crippen LogP contribution in [0.25, 0.3) is 5.57 Å². The number of rotatable bonds is 3. The molecular weight excluding hydrogens is 275 g/mol. The summed E-state index contributed by atoms with van der Waals surface area (Å²) in [6.45, 7) is 0.997. The van der Waals surface area contributed by atoms with E-state index >= 15 is 0 Å². The average molecular weight is 294 g/mol. The Morgan fingerprint density at radius 2 is 2.00 bits per heavy atom. The molecule has 0 radical (unpaired) electrons. The highest BCUT2D eigenvalue weighted by atomic mass is 19.1. The van der Waals surface area contributed by atoms with Gasteiger partial charge in [0.15, 0.2) is 0 Å². The molecule has 2 bridgehead atoms. The summed E-state index contributed by atoms with van der Waals surface area (Å²) in [6, 6.07) is 14.6. The van der Waals surface area contributed by atoms with Crippen LogP contribution in [0.4, 0.5) is 4.39 Å². The van der Waals surface area contributed by atoms with Crippen LogP contribution in [0.1, 0.15) is 30.5 Å². The van der Waals surface area contributed by atoms with Gasteiger partial charge in [0.05, 0.1) is 5.69 Å². The van der Waals surface area contributed by atoms with Gasteiger partial charge in [-0.15, -0.1) is 0 Å². The van der Waals surface area contributed by atoms with Gasteiger partial charge < -0.3 is 0 Å². The first kappa shape index (κ1) is 13.6. The second-order valence-corrected chi connectivity index (χ2v) is 6.21. The minimum absolute atomic E-state index is 0.204. The largest absolute Gasteiger partial charge is 0.289 e. The number of halogens is 1. The Balaban J connectivity index is 1.57. The highest BCUT2D eigenvalue weighted by Crippen LogP contribution is 2.38. The molecule has 22 heavy (non-hydrogen) atoms. The van der Waals surface area contributed by atoms with E-state index in [-0.39, 0.29) is 5.82 Å². The van der Waals surface area contributed by atoms with E-state index < -0.39 is 0 Å². The summed E-state index contributed by atoms with van der Waals surface area (Å²) in [5.74, 6) is -0.204. The first-order valence-corrected chi connectivity index (χ1v) is 7.92. The average Bonchev–Trinajstić information content (AvgIpc) is 2.78. The fourth-order valence-corrected chi connectivity index (χ4v) is 3.73. The molecule has 3 heterocycles. The fraction of sp³-hybridized carbons (Fsp3) is 0.316. The van der Waals surface area contributed by atoms with Crippen LogP contribution in [0.3, 0.4) is 0 Å². The molecule has 3 heteroatoms. The fourth-order valence-electron chi connectivity index (χ4n) is 3.73. The van der Waals surface area contributed by atoms with Crippen molar-refractivity contribution in [2.75, 3.05) is 0 Å². The molecule has 2 nitrogen and oxygen atoms in total. The minimum atomic E-state index is -0.204. The number of benzene rings is 1. The van der Waals surface area contributed by atoms with E-state index in [1.165, 1.54) is 30.0 Å². The van der Waals surface area contributed by atoms with Gasteiger partial charge in [-0.1, -0.05) is 36.4 Å². The van der Waals surface area contributed by atoms with E-state index in [1.807, 2.05) is 0 Å². The summed E-state index contributed by atoms with van der Waals surface area (Å²) in [4.78, 5) is 6.92. The molecule has 0 spiro atoms. The highest BCUT2D eigenvalue weighted by molar-refractivity contribution is 5.65. The van der Waals surface area contributed by atoms with Crippen LogP contribution < -0.4 is 0 Å². The Morgan fingerprint density at radius 3 is 2.77 bits per heavy atom. The topological polar surface area (TPSA) is 16.1 Å². The van der Waals surface area contributed by atoms with Gasteiger partial charge >= 0.3 is 0 Å². The minimum Gasteiger partial charge on any atom is -0.289 e. The zero-order valence-electron chi connectivity index (χ0n) is 12.5. The molecule has 1 aromatic carbocycles. The predicted molar refractivity (Wildman–Crippen MR) is 85.6 cm³/mol. The third-order valence-electron chi connectivity index (χ3n) is 4.80. The van der Waals surface area contributed by atoms with E-state index in [9.17, 15) is 4.39 Å². The Kier molecular flexibility index (Phi) is 3.51. The molecule has 0 saturated carbocycles. The summed E-state index contributed by atoms with van der Waals surface area (Å²) in [7, 11) is 0. The van der Waals surface area contributed by atoms with Gasteiger partial charge in [0.25, 0.3) is 0 Å². The smallest absolute Gasteiger partial charge is 0.126 e. The lowest BCUT2D eigenvalue weighted by molar-refractivity contribution is 0.203. The van der Waals surface area contributed by atoms with E-state index in [4.69, 9.17) is 0 Å². The predicted octanol–water partition coefficient (Wildman–Crippen LogP) is 4.04. The van der Waals surface area contributed by atoms with Gasteiger partial charge in [0, 0.05) is 24.8 Å². The number of hydrogen-bond acceptors (Lipinski definition) is 2. The zero-order valence-corrected chi connectivity index (χ0v) is 12.5. The summed E-state index contributed by atoms with van der Waals surface area (Å²) < 4.78 is 13.4. The molecule has 2 aliphatic rings. The summed E-state index contributed by atoms with van der Waals surface area (Å²) in [5.41, 5.74) is 3.37. The lowest BCUT2D eigenvalue weighted by Gasteiger charge is -2.34. The molecule has 4 rings (SSSR count). The highest BCUT2D eigenvalue weighted by Gasteiger charge is 2.36. The molecule has 2 aliphatic heterocycles. The molecule has 0 aliphatic carbocycles. The maximum absolute atomic E-state index is 13.4. The summed E-state index contributed by atoms with van der Waals surface area (Å²) >= 11 is 0. The Hall–Kier alpha value is -2.00. The Morgan fingerprint density at radius 1 is 1.14 bits per heavy atom. The molecule has 1 fully saturated rings. The van der Waals surface area contributed by atoms with Crippen LogP contribution in [0.15, 0.2) is 54.7 Å². The number of fused-ring (bicyclic) bond motifs is 2. The number of hydrogen-bond donors (Lipinski definition) is 0. The Labute approximate surface area is 130 Å². The van der Waals surface area contributed by atoms with Crippen molar-refractivity contribution in [3.8, 4) is 0 Å². The van der Waals surface area contributed by atoms with Crippen molar-refractivity contribution in [1.82, 2.24) is 9.88 Å². The number of nitrogens with zero attached hydrogens (tertiary/aromatic N) is 2. The lowest BCUT2D eigenvalue weighted by Crippen LogP contribution is -2.37. The number of pyridine rings is 1. The van der Waals surface area contributed by atoms with E-state index in [0.29, 0.717) is 12.1 Å². The molecule has 0 N–H and O–H groups in total. The normalized spacial score (nSPS) is 24.3. The van der Waals surface area contributed by atoms with E-state index in [0.717, 1.165) is 18.7 Å². The molecule has 2 atom stereocenters. The molecule has 2 unspecified atom stereocenters. The van der Waals surface area contributed by atoms with Crippen molar-refractivity contribution in [1.29, 1.82) is 0 Å². The van der Waals surface area contributed by atoms with Crippen molar-refractivity contribution in [2.24, 2.45) is 0 Å². The van der Waals surface area contributed by atoms with Gasteiger partial charge in [-0.3, -0.25) is 9.88 Å². The van der Waals surface area contributed by atoms with Crippen molar-refractivity contribution in [2.45, 2.75) is 37.9 Å². The van der Waals surface area contributed by atoms with Gasteiger partial charge in [-0.05, 0) is 42.5 Å². The lowest BCUT2D eigenvalue weighted by atomic mass is 9.97. The van der Waals surface area contributed by atoms with Crippen LogP contribution in [0.2, 0.25) is 0 Å². The van der Waals surface area contributed by atoms with E-state index in [2.05, 4.69) is 46.3 Å². The maximum atomic E-state index is 13.4. The second kappa shape index (κ2) is 5.65. The molecular formula is C19H19FN2. The van der Waals surface area contributed by atoms with Crippen molar-refractivity contribution < 1.29 is 4.39 Å². The van der Waals surface area contributed by atoms with Gasteiger partial charge in [-0.2, -0.15) is 0 Å². The molecule has 112 valence electrons. The SMILES string of the molecule is Fc1ccnc(C2=CC3CCC(C2)N3Cc2ccccc2)c1. The monoisotopic (exact) mass is 294 g/mol. The summed E-state index contributed by atoms with van der Waals surface area (Å²) in [5, 5.41) is 0. The quantitative estimate of drug-likeness (QED) is 0.849. The first-order valence-electron chi connectivity index (χ1n) is 7.92. The van der Waals surface area contributed by atoms with Crippen molar-refractivity contribution >= 4 is 5.57 Å². The molecule has 2 aromatic rings. The van der Waals surface area contributed by atoms with Crippen LogP contribution in [0, 0.1) is 5.82 Å². The molecule has 0 amide bonds.